The molecule has 0 bridgehead atoms. The van der Waals surface area contributed by atoms with Gasteiger partial charge in [-0.15, -0.1) is 11.3 Å². The van der Waals surface area contributed by atoms with E-state index in [1.54, 1.807) is 6.20 Å². The van der Waals surface area contributed by atoms with Crippen molar-refractivity contribution in [2.24, 2.45) is 5.41 Å². The van der Waals surface area contributed by atoms with Gasteiger partial charge in [-0.1, -0.05) is 18.5 Å². The van der Waals surface area contributed by atoms with Crippen LogP contribution in [-0.2, 0) is 11.3 Å². The van der Waals surface area contributed by atoms with Crippen molar-refractivity contribution >= 4 is 28.9 Å². The van der Waals surface area contributed by atoms with Crippen LogP contribution in [0.4, 0.5) is 0 Å². The predicted octanol–water partition coefficient (Wildman–Crippen LogP) is 2.48. The van der Waals surface area contributed by atoms with E-state index in [0.29, 0.717) is 23.8 Å². The van der Waals surface area contributed by atoms with Crippen LogP contribution < -0.4 is 0 Å². The van der Waals surface area contributed by atoms with Crippen molar-refractivity contribution in [2.75, 3.05) is 13.1 Å². The molecule has 1 aromatic heterocycles. The van der Waals surface area contributed by atoms with Crippen LogP contribution in [-0.4, -0.2) is 34.0 Å². The van der Waals surface area contributed by atoms with E-state index >= 15 is 0 Å². The molecule has 17 heavy (non-hydrogen) atoms. The van der Waals surface area contributed by atoms with E-state index in [1.165, 1.54) is 11.3 Å². The largest absolute Gasteiger partial charge is 0.481 e. The van der Waals surface area contributed by atoms with E-state index in [2.05, 4.69) is 9.88 Å². The Balaban J connectivity index is 2.00. The van der Waals surface area contributed by atoms with E-state index in [0.717, 1.165) is 18.0 Å². The maximum absolute atomic E-state index is 11.3. The molecule has 1 atom stereocenters. The number of carboxylic acids is 1. The number of likely N-dealkylation sites (tertiary alicyclic amines) is 1. The summed E-state index contributed by atoms with van der Waals surface area (Å²) in [5, 5.41) is 10.2. The predicted molar refractivity (Wildman–Crippen MR) is 67.4 cm³/mol. The summed E-state index contributed by atoms with van der Waals surface area (Å²) in [5.74, 6) is -0.681. The third-order valence-corrected chi connectivity index (χ3v) is 4.55. The van der Waals surface area contributed by atoms with Crippen molar-refractivity contribution in [2.45, 2.75) is 26.3 Å². The summed E-state index contributed by atoms with van der Waals surface area (Å²) < 4.78 is 0.680. The van der Waals surface area contributed by atoms with Crippen LogP contribution in [0, 0.1) is 5.41 Å². The molecule has 6 heteroatoms. The summed E-state index contributed by atoms with van der Waals surface area (Å²) in [4.78, 5) is 17.6. The Morgan fingerprint density at radius 3 is 3.00 bits per heavy atom. The van der Waals surface area contributed by atoms with Crippen molar-refractivity contribution < 1.29 is 9.90 Å². The van der Waals surface area contributed by atoms with Gasteiger partial charge >= 0.3 is 5.97 Å². The van der Waals surface area contributed by atoms with Crippen LogP contribution in [0.5, 0.6) is 0 Å². The number of aromatic nitrogens is 1. The zero-order chi connectivity index (χ0) is 12.5. The van der Waals surface area contributed by atoms with E-state index in [-0.39, 0.29) is 0 Å². The third-order valence-electron chi connectivity index (χ3n) is 3.45. The molecule has 1 aliphatic heterocycles. The molecule has 2 heterocycles. The first-order valence-electron chi connectivity index (χ1n) is 5.62. The molecule has 1 aromatic rings. The van der Waals surface area contributed by atoms with Crippen LogP contribution in [0.1, 0.15) is 24.8 Å². The molecule has 1 saturated heterocycles. The van der Waals surface area contributed by atoms with Crippen LogP contribution in [0.25, 0.3) is 0 Å². The molecular weight excluding hydrogens is 260 g/mol. The highest BCUT2D eigenvalue weighted by Crippen LogP contribution is 2.35. The van der Waals surface area contributed by atoms with Crippen molar-refractivity contribution in [3.05, 3.63) is 15.5 Å². The molecule has 1 unspecified atom stereocenters. The van der Waals surface area contributed by atoms with Gasteiger partial charge in [0.1, 0.15) is 9.34 Å². The standard InChI is InChI=1S/C11H15ClN2O2S/c1-2-11(10(15)16)3-4-14(7-11)6-9-13-5-8(12)17-9/h5H,2-4,6-7H2,1H3,(H,15,16). The van der Waals surface area contributed by atoms with Crippen molar-refractivity contribution in [1.82, 2.24) is 9.88 Å². The Morgan fingerprint density at radius 2 is 2.53 bits per heavy atom. The van der Waals surface area contributed by atoms with Gasteiger partial charge in [0.15, 0.2) is 0 Å². The minimum Gasteiger partial charge on any atom is -0.481 e. The molecular formula is C11H15ClN2O2S. The number of carboxylic acid groups (broad SMARTS) is 1. The van der Waals surface area contributed by atoms with Gasteiger partial charge in [0.2, 0.25) is 0 Å². The van der Waals surface area contributed by atoms with E-state index in [4.69, 9.17) is 11.6 Å². The van der Waals surface area contributed by atoms with E-state index in [1.807, 2.05) is 6.92 Å². The lowest BCUT2D eigenvalue weighted by Crippen LogP contribution is -2.33. The highest BCUT2D eigenvalue weighted by atomic mass is 35.5. The quantitative estimate of drug-likeness (QED) is 0.916. The number of thiazole rings is 1. The number of hydrogen-bond donors (Lipinski definition) is 1. The van der Waals surface area contributed by atoms with Gasteiger partial charge in [0, 0.05) is 6.54 Å². The molecule has 1 N–H and O–H groups in total. The summed E-state index contributed by atoms with van der Waals surface area (Å²) >= 11 is 7.28. The number of rotatable bonds is 4. The van der Waals surface area contributed by atoms with E-state index in [9.17, 15) is 9.90 Å². The molecule has 94 valence electrons. The van der Waals surface area contributed by atoms with Crippen LogP contribution in [0.15, 0.2) is 6.20 Å². The van der Waals surface area contributed by atoms with E-state index < -0.39 is 11.4 Å². The summed E-state index contributed by atoms with van der Waals surface area (Å²) in [6.07, 6.45) is 3.04. The molecule has 4 nitrogen and oxygen atoms in total. The fourth-order valence-electron chi connectivity index (χ4n) is 2.26. The molecule has 1 fully saturated rings. The fraction of sp³-hybridized carbons (Fsp3) is 0.636. The van der Waals surface area contributed by atoms with Crippen LogP contribution >= 0.6 is 22.9 Å². The van der Waals surface area contributed by atoms with Gasteiger partial charge < -0.3 is 5.11 Å². The van der Waals surface area contributed by atoms with Gasteiger partial charge in [0.05, 0.1) is 18.2 Å². The Kier molecular flexibility index (Phi) is 3.70. The minimum absolute atomic E-state index is 0.568. The SMILES string of the molecule is CCC1(C(=O)O)CCN(Cc2ncc(Cl)s2)C1. The molecule has 0 radical (unpaired) electrons. The lowest BCUT2D eigenvalue weighted by Gasteiger charge is -2.22. The molecule has 0 aromatic carbocycles. The number of hydrogen-bond acceptors (Lipinski definition) is 4. The number of aliphatic carboxylic acids is 1. The normalized spacial score (nSPS) is 25.3. The van der Waals surface area contributed by atoms with Gasteiger partial charge in [-0.3, -0.25) is 9.69 Å². The molecule has 0 spiro atoms. The lowest BCUT2D eigenvalue weighted by atomic mass is 9.84. The highest BCUT2D eigenvalue weighted by molar-refractivity contribution is 7.15. The fourth-order valence-corrected chi connectivity index (χ4v) is 3.26. The summed E-state index contributed by atoms with van der Waals surface area (Å²) in [6, 6.07) is 0. The number of carbonyl (C=O) groups is 1. The zero-order valence-corrected chi connectivity index (χ0v) is 11.2. The maximum atomic E-state index is 11.3. The lowest BCUT2D eigenvalue weighted by molar-refractivity contribution is -0.148. The monoisotopic (exact) mass is 274 g/mol. The first-order valence-corrected chi connectivity index (χ1v) is 6.81. The zero-order valence-electron chi connectivity index (χ0n) is 9.65. The average Bonchev–Trinajstić information content (AvgIpc) is 2.87. The number of nitrogens with zero attached hydrogens (tertiary/aromatic N) is 2. The minimum atomic E-state index is -0.681. The summed E-state index contributed by atoms with van der Waals surface area (Å²) in [7, 11) is 0. The third kappa shape index (κ3) is 2.61. The first kappa shape index (κ1) is 12.8. The van der Waals surface area contributed by atoms with Gasteiger partial charge in [0.25, 0.3) is 0 Å². The molecule has 0 saturated carbocycles. The molecule has 1 aliphatic rings. The smallest absolute Gasteiger partial charge is 0.310 e. The summed E-state index contributed by atoms with van der Waals surface area (Å²) in [5.41, 5.74) is -0.568. The second-order valence-corrected chi connectivity index (χ2v) is 6.20. The van der Waals surface area contributed by atoms with Gasteiger partial charge in [-0.2, -0.15) is 0 Å². The Bertz CT molecular complexity index is 423. The second kappa shape index (κ2) is 4.92. The highest BCUT2D eigenvalue weighted by Gasteiger charge is 2.43. The first-order chi connectivity index (χ1) is 8.05. The molecule has 0 amide bonds. The topological polar surface area (TPSA) is 53.4 Å². The number of halogens is 1. The molecule has 2 rings (SSSR count). The summed E-state index contributed by atoms with van der Waals surface area (Å²) in [6.45, 7) is 4.07. The van der Waals surface area contributed by atoms with Crippen molar-refractivity contribution in [1.29, 1.82) is 0 Å². The van der Waals surface area contributed by atoms with Gasteiger partial charge in [-0.25, -0.2) is 4.98 Å². The Labute approximate surface area is 109 Å². The van der Waals surface area contributed by atoms with Crippen molar-refractivity contribution in [3.8, 4) is 0 Å². The van der Waals surface area contributed by atoms with Crippen LogP contribution in [0.2, 0.25) is 4.34 Å². The van der Waals surface area contributed by atoms with Crippen LogP contribution in [0.3, 0.4) is 0 Å². The maximum Gasteiger partial charge on any atom is 0.310 e. The Hall–Kier alpha value is -0.650. The second-order valence-electron chi connectivity index (χ2n) is 4.46. The Morgan fingerprint density at radius 1 is 1.76 bits per heavy atom. The van der Waals surface area contributed by atoms with Gasteiger partial charge in [-0.05, 0) is 19.4 Å². The average molecular weight is 275 g/mol. The molecule has 0 aliphatic carbocycles. The van der Waals surface area contributed by atoms with Crippen molar-refractivity contribution in [3.63, 3.8) is 0 Å².